The summed E-state index contributed by atoms with van der Waals surface area (Å²) in [5, 5.41) is 4.11. The standard InChI is InChI=1S/C28H31F3N4O/c29-28(30,31)22-10-11-24-25(12-13-32-26(24)18-22)33-19-20-6-8-21(9-7-20)27(36)35-16-14-34(15-17-35)23-4-2-1-3-5-23/h1-5,10-13,18,20-21H,6-9,14-17,19H2,(H,32,33)/t20-,21-. The van der Waals surface area contributed by atoms with Gasteiger partial charge in [0.05, 0.1) is 11.1 Å². The van der Waals surface area contributed by atoms with E-state index < -0.39 is 11.7 Å². The molecule has 5 rings (SSSR count). The van der Waals surface area contributed by atoms with Gasteiger partial charge in [-0.2, -0.15) is 13.2 Å². The summed E-state index contributed by atoms with van der Waals surface area (Å²) < 4.78 is 39.1. The summed E-state index contributed by atoms with van der Waals surface area (Å²) in [6.07, 6.45) is 0.859. The number of hydrogen-bond acceptors (Lipinski definition) is 4. The van der Waals surface area contributed by atoms with Crippen molar-refractivity contribution >= 4 is 28.2 Å². The van der Waals surface area contributed by atoms with Gasteiger partial charge in [0.1, 0.15) is 0 Å². The van der Waals surface area contributed by atoms with Crippen molar-refractivity contribution in [2.24, 2.45) is 11.8 Å². The lowest BCUT2D eigenvalue weighted by molar-refractivity contribution is -0.138. The van der Waals surface area contributed by atoms with Crippen LogP contribution in [0.3, 0.4) is 0 Å². The molecular formula is C28H31F3N4O. The van der Waals surface area contributed by atoms with Gasteiger partial charge in [-0.25, -0.2) is 0 Å². The molecule has 3 aromatic rings. The minimum atomic E-state index is -4.38. The van der Waals surface area contributed by atoms with Crippen LogP contribution in [0.2, 0.25) is 0 Å². The van der Waals surface area contributed by atoms with E-state index in [0.717, 1.165) is 76.2 Å². The molecule has 190 valence electrons. The predicted octanol–water partition coefficient (Wildman–Crippen LogP) is 5.82. The van der Waals surface area contributed by atoms with Gasteiger partial charge < -0.3 is 15.1 Å². The third-order valence-corrected chi connectivity index (χ3v) is 7.56. The van der Waals surface area contributed by atoms with Crippen molar-refractivity contribution < 1.29 is 18.0 Å². The molecule has 0 spiro atoms. The van der Waals surface area contributed by atoms with Crippen LogP contribution < -0.4 is 10.2 Å². The Morgan fingerprint density at radius 1 is 0.944 bits per heavy atom. The molecule has 1 N–H and O–H groups in total. The smallest absolute Gasteiger partial charge is 0.384 e. The van der Waals surface area contributed by atoms with E-state index in [1.54, 1.807) is 6.07 Å². The van der Waals surface area contributed by atoms with E-state index in [2.05, 4.69) is 27.3 Å². The Bertz CT molecular complexity index is 1180. The number of piperazine rings is 1. The topological polar surface area (TPSA) is 48.5 Å². The highest BCUT2D eigenvalue weighted by atomic mass is 19.4. The van der Waals surface area contributed by atoms with Crippen molar-refractivity contribution in [1.29, 1.82) is 0 Å². The largest absolute Gasteiger partial charge is 0.416 e. The zero-order valence-electron chi connectivity index (χ0n) is 20.2. The molecule has 1 amide bonds. The first-order valence-electron chi connectivity index (χ1n) is 12.7. The van der Waals surface area contributed by atoms with Gasteiger partial charge in [0.25, 0.3) is 0 Å². The maximum absolute atomic E-state index is 13.1. The summed E-state index contributed by atoms with van der Waals surface area (Å²) >= 11 is 0. The molecule has 2 aliphatic rings. The molecule has 1 saturated carbocycles. The fourth-order valence-corrected chi connectivity index (χ4v) is 5.43. The Morgan fingerprint density at radius 2 is 1.67 bits per heavy atom. The Kier molecular flexibility index (Phi) is 7.03. The average Bonchev–Trinajstić information content (AvgIpc) is 2.91. The lowest BCUT2D eigenvalue weighted by Crippen LogP contribution is -2.50. The Balaban J connectivity index is 1.11. The number of anilines is 2. The van der Waals surface area contributed by atoms with E-state index in [1.807, 2.05) is 23.1 Å². The lowest BCUT2D eigenvalue weighted by atomic mass is 9.81. The number of alkyl halides is 3. The van der Waals surface area contributed by atoms with Crippen LogP contribution in [0.4, 0.5) is 24.5 Å². The first-order valence-corrected chi connectivity index (χ1v) is 12.7. The van der Waals surface area contributed by atoms with Gasteiger partial charge in [-0.3, -0.25) is 9.78 Å². The molecule has 2 fully saturated rings. The Hall–Kier alpha value is -3.29. The summed E-state index contributed by atoms with van der Waals surface area (Å²) in [6, 6.07) is 15.8. The minimum absolute atomic E-state index is 0.0899. The molecular weight excluding hydrogens is 465 g/mol. The predicted molar refractivity (Wildman–Crippen MR) is 136 cm³/mol. The van der Waals surface area contributed by atoms with Crippen molar-refractivity contribution in [2.45, 2.75) is 31.9 Å². The number of fused-ring (bicyclic) bond motifs is 1. The third-order valence-electron chi connectivity index (χ3n) is 7.56. The number of benzene rings is 2. The number of carbonyl (C=O) groups is 1. The maximum Gasteiger partial charge on any atom is 0.416 e. The van der Waals surface area contributed by atoms with Crippen LogP contribution >= 0.6 is 0 Å². The highest BCUT2D eigenvalue weighted by Crippen LogP contribution is 2.34. The van der Waals surface area contributed by atoms with Crippen LogP contribution in [0.25, 0.3) is 10.9 Å². The number of aromatic nitrogens is 1. The van der Waals surface area contributed by atoms with Crippen molar-refractivity contribution in [2.75, 3.05) is 42.9 Å². The van der Waals surface area contributed by atoms with E-state index in [9.17, 15) is 18.0 Å². The highest BCUT2D eigenvalue weighted by Gasteiger charge is 2.32. The number of nitrogens with zero attached hydrogens (tertiary/aromatic N) is 3. The Labute approximate surface area is 209 Å². The summed E-state index contributed by atoms with van der Waals surface area (Å²) in [4.78, 5) is 21.6. The second-order valence-electron chi connectivity index (χ2n) is 9.83. The second-order valence-corrected chi connectivity index (χ2v) is 9.83. The fraction of sp³-hybridized carbons (Fsp3) is 0.429. The first kappa shape index (κ1) is 24.4. The van der Waals surface area contributed by atoms with Crippen molar-refractivity contribution in [3.8, 4) is 0 Å². The number of amides is 1. The van der Waals surface area contributed by atoms with Crippen LogP contribution in [0.5, 0.6) is 0 Å². The molecule has 0 atom stereocenters. The van der Waals surface area contributed by atoms with Crippen LogP contribution in [0.1, 0.15) is 31.2 Å². The number of rotatable bonds is 5. The molecule has 5 nitrogen and oxygen atoms in total. The number of pyridine rings is 1. The van der Waals surface area contributed by atoms with Gasteiger partial charge in [-0.1, -0.05) is 24.3 Å². The zero-order valence-corrected chi connectivity index (χ0v) is 20.2. The van der Waals surface area contributed by atoms with E-state index in [0.29, 0.717) is 16.8 Å². The van der Waals surface area contributed by atoms with Gasteiger partial charge in [0.2, 0.25) is 5.91 Å². The summed E-state index contributed by atoms with van der Waals surface area (Å²) in [5.74, 6) is 0.809. The van der Waals surface area contributed by atoms with Crippen molar-refractivity contribution in [3.63, 3.8) is 0 Å². The van der Waals surface area contributed by atoms with E-state index in [-0.39, 0.29) is 11.8 Å². The molecule has 0 radical (unpaired) electrons. The van der Waals surface area contributed by atoms with Gasteiger partial charge in [0.15, 0.2) is 0 Å². The minimum Gasteiger partial charge on any atom is -0.384 e. The van der Waals surface area contributed by atoms with Crippen molar-refractivity contribution in [1.82, 2.24) is 9.88 Å². The van der Waals surface area contributed by atoms with Gasteiger partial charge in [-0.15, -0.1) is 0 Å². The number of nitrogens with one attached hydrogen (secondary N) is 1. The monoisotopic (exact) mass is 496 g/mol. The fourth-order valence-electron chi connectivity index (χ4n) is 5.43. The van der Waals surface area contributed by atoms with E-state index >= 15 is 0 Å². The third kappa shape index (κ3) is 5.42. The van der Waals surface area contributed by atoms with Crippen LogP contribution in [-0.2, 0) is 11.0 Å². The maximum atomic E-state index is 13.1. The number of halogens is 3. The van der Waals surface area contributed by atoms with Gasteiger partial charge in [-0.05, 0) is 61.9 Å². The summed E-state index contributed by atoms with van der Waals surface area (Å²) in [6.45, 7) is 3.98. The van der Waals surface area contributed by atoms with Crippen LogP contribution in [0.15, 0.2) is 60.8 Å². The quantitative estimate of drug-likeness (QED) is 0.484. The molecule has 2 aromatic carbocycles. The average molecular weight is 497 g/mol. The van der Waals surface area contributed by atoms with Crippen LogP contribution in [-0.4, -0.2) is 48.5 Å². The SMILES string of the molecule is O=C([C@H]1CC[C@H](CNc2ccnc3cc(C(F)(F)F)ccc23)CC1)N1CCN(c2ccccc2)CC1. The molecule has 1 aliphatic carbocycles. The molecule has 8 heteroatoms. The lowest BCUT2D eigenvalue weighted by Gasteiger charge is -2.39. The summed E-state index contributed by atoms with van der Waals surface area (Å²) in [7, 11) is 0. The second kappa shape index (κ2) is 10.4. The Morgan fingerprint density at radius 3 is 2.36 bits per heavy atom. The van der Waals surface area contributed by atoms with E-state index in [1.165, 1.54) is 18.0 Å². The molecule has 1 aromatic heterocycles. The normalized spacial score (nSPS) is 21.0. The molecule has 0 bridgehead atoms. The van der Waals surface area contributed by atoms with E-state index in [4.69, 9.17) is 0 Å². The molecule has 0 unspecified atom stereocenters. The molecule has 2 heterocycles. The molecule has 1 saturated heterocycles. The first-order chi connectivity index (χ1) is 17.4. The van der Waals surface area contributed by atoms with Gasteiger partial charge in [0, 0.05) is 61.6 Å². The number of carbonyl (C=O) groups excluding carboxylic acids is 1. The number of hydrogen-bond donors (Lipinski definition) is 1. The van der Waals surface area contributed by atoms with Crippen molar-refractivity contribution in [3.05, 3.63) is 66.4 Å². The number of para-hydroxylation sites is 1. The van der Waals surface area contributed by atoms with Gasteiger partial charge >= 0.3 is 6.18 Å². The molecule has 1 aliphatic heterocycles. The highest BCUT2D eigenvalue weighted by molar-refractivity contribution is 5.91. The van der Waals surface area contributed by atoms with Crippen LogP contribution in [0, 0.1) is 11.8 Å². The zero-order chi connectivity index (χ0) is 25.1. The summed E-state index contributed by atoms with van der Waals surface area (Å²) in [5.41, 5.74) is 1.64. The molecule has 36 heavy (non-hydrogen) atoms.